The monoisotopic (exact) mass is 382 g/mol. The van der Waals surface area contributed by atoms with Crippen molar-refractivity contribution in [1.29, 1.82) is 0 Å². The van der Waals surface area contributed by atoms with Gasteiger partial charge in [-0.05, 0) is 57.4 Å². The first-order valence-corrected chi connectivity index (χ1v) is 9.94. The number of anilines is 1. The predicted molar refractivity (Wildman–Crippen MR) is 111 cm³/mol. The number of hydrogen-bond donors (Lipinski definition) is 1. The number of nitrogens with zero attached hydrogens (tertiary/aromatic N) is 2. The van der Waals surface area contributed by atoms with Gasteiger partial charge in [-0.2, -0.15) is 0 Å². The summed E-state index contributed by atoms with van der Waals surface area (Å²) in [6.45, 7) is 8.28. The summed E-state index contributed by atoms with van der Waals surface area (Å²) >= 11 is 0. The number of aliphatic hydroxyl groups excluding tert-OH is 1. The van der Waals surface area contributed by atoms with Gasteiger partial charge in [0.2, 0.25) is 0 Å². The number of rotatable bonds is 8. The molecule has 1 saturated carbocycles. The van der Waals surface area contributed by atoms with Crippen LogP contribution < -0.4 is 4.90 Å². The third-order valence-corrected chi connectivity index (χ3v) is 5.52. The summed E-state index contributed by atoms with van der Waals surface area (Å²) < 4.78 is 0. The Balaban J connectivity index is 0.00000338. The lowest BCUT2D eigenvalue weighted by atomic mass is 9.92. The highest BCUT2D eigenvalue weighted by Gasteiger charge is 2.31. The normalized spacial score (nSPS) is 15.8. The molecule has 5 heteroatoms. The van der Waals surface area contributed by atoms with Gasteiger partial charge in [-0.3, -0.25) is 4.79 Å². The number of benzene rings is 1. The van der Waals surface area contributed by atoms with Crippen molar-refractivity contribution < 1.29 is 9.90 Å². The van der Waals surface area contributed by atoms with E-state index in [1.54, 1.807) is 0 Å². The third kappa shape index (κ3) is 5.37. The third-order valence-electron chi connectivity index (χ3n) is 5.52. The van der Waals surface area contributed by atoms with Crippen LogP contribution in [-0.2, 0) is 0 Å². The lowest BCUT2D eigenvalue weighted by Crippen LogP contribution is -2.49. The Bertz CT molecular complexity index is 521. The molecule has 4 nitrogen and oxygen atoms in total. The molecule has 1 amide bonds. The Morgan fingerprint density at radius 3 is 2.12 bits per heavy atom. The van der Waals surface area contributed by atoms with Crippen LogP contribution in [0.5, 0.6) is 0 Å². The van der Waals surface area contributed by atoms with Gasteiger partial charge in [-0.25, -0.2) is 0 Å². The molecule has 0 heterocycles. The molecule has 1 aromatic carbocycles. The van der Waals surface area contributed by atoms with Crippen molar-refractivity contribution in [2.45, 2.75) is 71.4 Å². The molecule has 1 aromatic rings. The van der Waals surface area contributed by atoms with Crippen LogP contribution in [0, 0.1) is 0 Å². The molecular weight excluding hydrogens is 348 g/mol. The molecule has 1 N–H and O–H groups in total. The molecule has 148 valence electrons. The van der Waals surface area contributed by atoms with Gasteiger partial charge in [-0.1, -0.05) is 26.2 Å². The fraction of sp³-hybridized carbons (Fsp3) is 0.667. The van der Waals surface area contributed by atoms with Crippen molar-refractivity contribution in [2.24, 2.45) is 0 Å². The first-order chi connectivity index (χ1) is 12.2. The van der Waals surface area contributed by atoms with E-state index in [9.17, 15) is 9.90 Å². The zero-order chi connectivity index (χ0) is 18.2. The standard InChI is InChI=1S/C21H34N2O2.ClH/c1-4-18(16-24)23(20-10-8-7-9-11-20)21(25)17-12-14-19(15-13-17)22(5-2)6-3;/h12-15,18,20,24H,4-11,16H2,1-3H3;1H. The largest absolute Gasteiger partial charge is 0.394 e. The van der Waals surface area contributed by atoms with Crippen molar-refractivity contribution in [3.8, 4) is 0 Å². The number of aliphatic hydroxyl groups is 1. The molecular formula is C21H35ClN2O2. The van der Waals surface area contributed by atoms with E-state index >= 15 is 0 Å². The fourth-order valence-electron chi connectivity index (χ4n) is 3.96. The predicted octanol–water partition coefficient (Wildman–Crippen LogP) is 4.50. The van der Waals surface area contributed by atoms with Crippen molar-refractivity contribution >= 4 is 24.0 Å². The second-order valence-corrected chi connectivity index (χ2v) is 6.97. The van der Waals surface area contributed by atoms with Gasteiger partial charge < -0.3 is 14.9 Å². The zero-order valence-electron chi connectivity index (χ0n) is 16.5. The molecule has 2 rings (SSSR count). The molecule has 0 aromatic heterocycles. The zero-order valence-corrected chi connectivity index (χ0v) is 17.3. The summed E-state index contributed by atoms with van der Waals surface area (Å²) in [7, 11) is 0. The van der Waals surface area contributed by atoms with Crippen molar-refractivity contribution in [3.05, 3.63) is 29.8 Å². The van der Waals surface area contributed by atoms with Crippen LogP contribution in [0.15, 0.2) is 24.3 Å². The van der Waals surface area contributed by atoms with Crippen LogP contribution in [0.1, 0.15) is 69.7 Å². The minimum absolute atomic E-state index is 0. The molecule has 1 atom stereocenters. The Morgan fingerprint density at radius 2 is 1.65 bits per heavy atom. The van der Waals surface area contributed by atoms with E-state index in [2.05, 4.69) is 18.7 Å². The van der Waals surface area contributed by atoms with Gasteiger partial charge in [0, 0.05) is 30.4 Å². The number of hydrogen-bond acceptors (Lipinski definition) is 3. The average molecular weight is 383 g/mol. The molecule has 0 spiro atoms. The summed E-state index contributed by atoms with van der Waals surface area (Å²) in [5.41, 5.74) is 1.88. The van der Waals surface area contributed by atoms with E-state index in [-0.39, 0.29) is 37.0 Å². The van der Waals surface area contributed by atoms with Crippen LogP contribution >= 0.6 is 12.4 Å². The summed E-state index contributed by atoms with van der Waals surface area (Å²) in [6, 6.07) is 8.14. The van der Waals surface area contributed by atoms with E-state index in [0.29, 0.717) is 0 Å². The molecule has 0 radical (unpaired) electrons. The maximum atomic E-state index is 13.2. The maximum absolute atomic E-state index is 13.2. The number of halogens is 1. The maximum Gasteiger partial charge on any atom is 0.254 e. The Hall–Kier alpha value is -1.26. The topological polar surface area (TPSA) is 43.8 Å². The van der Waals surface area contributed by atoms with E-state index < -0.39 is 0 Å². The van der Waals surface area contributed by atoms with Gasteiger partial charge >= 0.3 is 0 Å². The molecule has 0 bridgehead atoms. The molecule has 1 unspecified atom stereocenters. The fourth-order valence-corrected chi connectivity index (χ4v) is 3.96. The second kappa shape index (κ2) is 11.5. The second-order valence-electron chi connectivity index (χ2n) is 6.97. The number of amides is 1. The quantitative estimate of drug-likeness (QED) is 0.719. The van der Waals surface area contributed by atoms with E-state index in [4.69, 9.17) is 0 Å². The van der Waals surface area contributed by atoms with Crippen molar-refractivity contribution in [2.75, 3.05) is 24.6 Å². The molecule has 1 fully saturated rings. The van der Waals surface area contributed by atoms with Gasteiger partial charge in [-0.15, -0.1) is 12.4 Å². The molecule has 0 saturated heterocycles. The van der Waals surface area contributed by atoms with Crippen LogP contribution in [0.2, 0.25) is 0 Å². The van der Waals surface area contributed by atoms with E-state index in [1.165, 1.54) is 19.3 Å². The lowest BCUT2D eigenvalue weighted by molar-refractivity contribution is 0.0387. The van der Waals surface area contributed by atoms with E-state index in [0.717, 1.165) is 43.6 Å². The summed E-state index contributed by atoms with van der Waals surface area (Å²) in [5.74, 6) is 0.0684. The van der Waals surface area contributed by atoms with Crippen LogP contribution in [0.3, 0.4) is 0 Å². The number of carbonyl (C=O) groups excluding carboxylic acids is 1. The first-order valence-electron chi connectivity index (χ1n) is 9.94. The van der Waals surface area contributed by atoms with Gasteiger partial charge in [0.25, 0.3) is 5.91 Å². The first kappa shape index (κ1) is 22.8. The Labute approximate surface area is 165 Å². The highest BCUT2D eigenvalue weighted by atomic mass is 35.5. The van der Waals surface area contributed by atoms with Gasteiger partial charge in [0.1, 0.15) is 0 Å². The molecule has 26 heavy (non-hydrogen) atoms. The highest BCUT2D eigenvalue weighted by molar-refractivity contribution is 5.95. The summed E-state index contributed by atoms with van der Waals surface area (Å²) in [6.07, 6.45) is 6.51. The molecule has 1 aliphatic carbocycles. The van der Waals surface area contributed by atoms with Crippen molar-refractivity contribution in [3.63, 3.8) is 0 Å². The summed E-state index contributed by atoms with van der Waals surface area (Å²) in [4.78, 5) is 17.5. The van der Waals surface area contributed by atoms with Gasteiger partial charge in [0.15, 0.2) is 0 Å². The molecule has 0 aliphatic heterocycles. The smallest absolute Gasteiger partial charge is 0.254 e. The minimum Gasteiger partial charge on any atom is -0.394 e. The van der Waals surface area contributed by atoms with Crippen LogP contribution in [-0.4, -0.2) is 47.7 Å². The Kier molecular flexibility index (Phi) is 10.0. The summed E-state index contributed by atoms with van der Waals surface area (Å²) in [5, 5.41) is 9.80. The SMILES string of the molecule is CCC(CO)N(C(=O)c1ccc(N(CC)CC)cc1)C1CCCCC1.Cl. The average Bonchev–Trinajstić information content (AvgIpc) is 2.67. The minimum atomic E-state index is -0.0851. The van der Waals surface area contributed by atoms with Crippen LogP contribution in [0.4, 0.5) is 5.69 Å². The van der Waals surface area contributed by atoms with Gasteiger partial charge in [0.05, 0.1) is 12.6 Å². The Morgan fingerprint density at radius 1 is 1.08 bits per heavy atom. The molecule has 1 aliphatic rings. The number of carbonyl (C=O) groups is 1. The van der Waals surface area contributed by atoms with E-state index in [1.807, 2.05) is 36.1 Å². The van der Waals surface area contributed by atoms with Crippen LogP contribution in [0.25, 0.3) is 0 Å². The van der Waals surface area contributed by atoms with Crippen molar-refractivity contribution in [1.82, 2.24) is 4.90 Å². The highest BCUT2D eigenvalue weighted by Crippen LogP contribution is 2.27. The lowest BCUT2D eigenvalue weighted by Gasteiger charge is -2.39.